The second-order valence-corrected chi connectivity index (χ2v) is 8.59. The maximum Gasteiger partial charge on any atom is 0.306 e. The van der Waals surface area contributed by atoms with Crippen molar-refractivity contribution >= 4 is 51.9 Å². The first-order valence-electron chi connectivity index (χ1n) is 9.76. The molecule has 0 bridgehead atoms. The zero-order valence-corrected chi connectivity index (χ0v) is 19.1. The van der Waals surface area contributed by atoms with Crippen LogP contribution in [0.2, 0.25) is 0 Å². The molecular formula is C23H23NO5S2. The molecule has 0 spiro atoms. The number of ether oxygens (including phenoxy) is 2. The molecule has 1 N–H and O–H groups in total. The number of hydrogen-bond donors (Lipinski definition) is 1. The summed E-state index contributed by atoms with van der Waals surface area (Å²) in [5, 5.41) is 8.78. The number of carboxylic acids is 1. The van der Waals surface area contributed by atoms with Crippen molar-refractivity contribution in [1.82, 2.24) is 0 Å². The van der Waals surface area contributed by atoms with Crippen LogP contribution in [0, 0.1) is 13.8 Å². The van der Waals surface area contributed by atoms with Gasteiger partial charge in [0.05, 0.1) is 30.2 Å². The lowest BCUT2D eigenvalue weighted by Crippen LogP contribution is -2.27. The molecule has 6 nitrogen and oxygen atoms in total. The Morgan fingerprint density at radius 1 is 1.13 bits per heavy atom. The predicted molar refractivity (Wildman–Crippen MR) is 127 cm³/mol. The first kappa shape index (κ1) is 22.8. The van der Waals surface area contributed by atoms with Crippen LogP contribution in [0.15, 0.2) is 41.3 Å². The van der Waals surface area contributed by atoms with Gasteiger partial charge in [0.1, 0.15) is 0 Å². The standard InChI is InChI=1S/C23H23NO5S2/c1-4-28-19-12-16(6-8-18(19)29-10-9-21(25)26)13-20-22(27)24(23(30)31-20)17-7-5-14(2)15(3)11-17/h5-8,11-13H,4,9-10H2,1-3H3,(H,25,26)/b20-13+. The third kappa shape index (κ3) is 5.45. The lowest BCUT2D eigenvalue weighted by Gasteiger charge is -2.16. The van der Waals surface area contributed by atoms with Crippen LogP contribution in [-0.2, 0) is 9.59 Å². The molecule has 0 atom stereocenters. The second kappa shape index (κ2) is 9.98. The number of nitrogens with zero attached hydrogens (tertiary/aromatic N) is 1. The number of amides is 1. The van der Waals surface area contributed by atoms with E-state index in [1.807, 2.05) is 39.0 Å². The van der Waals surface area contributed by atoms with Crippen molar-refractivity contribution in [3.63, 3.8) is 0 Å². The molecular weight excluding hydrogens is 434 g/mol. The Morgan fingerprint density at radius 3 is 2.58 bits per heavy atom. The molecule has 1 amide bonds. The Balaban J connectivity index is 1.84. The molecule has 2 aromatic carbocycles. The van der Waals surface area contributed by atoms with Gasteiger partial charge in [-0.15, -0.1) is 0 Å². The van der Waals surface area contributed by atoms with Crippen molar-refractivity contribution in [2.24, 2.45) is 0 Å². The zero-order valence-electron chi connectivity index (χ0n) is 17.5. The first-order chi connectivity index (χ1) is 14.8. The third-order valence-corrected chi connectivity index (χ3v) is 5.98. The van der Waals surface area contributed by atoms with Gasteiger partial charge in [0.15, 0.2) is 15.8 Å². The van der Waals surface area contributed by atoms with E-state index in [0.717, 1.165) is 22.4 Å². The molecule has 8 heteroatoms. The largest absolute Gasteiger partial charge is 0.490 e. The van der Waals surface area contributed by atoms with Crippen molar-refractivity contribution in [2.75, 3.05) is 18.1 Å². The number of aliphatic carboxylic acids is 1. The summed E-state index contributed by atoms with van der Waals surface area (Å²) in [7, 11) is 0. The van der Waals surface area contributed by atoms with Crippen LogP contribution in [0.1, 0.15) is 30.0 Å². The summed E-state index contributed by atoms with van der Waals surface area (Å²) in [6.45, 7) is 6.34. The van der Waals surface area contributed by atoms with Crippen molar-refractivity contribution in [3.05, 3.63) is 58.0 Å². The number of carbonyl (C=O) groups excluding carboxylic acids is 1. The first-order valence-corrected chi connectivity index (χ1v) is 11.0. The van der Waals surface area contributed by atoms with Crippen molar-refractivity contribution in [3.8, 4) is 11.5 Å². The lowest BCUT2D eigenvalue weighted by molar-refractivity contribution is -0.137. The minimum Gasteiger partial charge on any atom is -0.490 e. The Bertz CT molecular complexity index is 1060. The van der Waals surface area contributed by atoms with Crippen molar-refractivity contribution in [1.29, 1.82) is 0 Å². The van der Waals surface area contributed by atoms with E-state index in [1.165, 1.54) is 11.8 Å². The van der Waals surface area contributed by atoms with E-state index in [0.29, 0.717) is 27.3 Å². The fourth-order valence-corrected chi connectivity index (χ4v) is 4.26. The average Bonchev–Trinajstić information content (AvgIpc) is 2.99. The smallest absolute Gasteiger partial charge is 0.306 e. The average molecular weight is 458 g/mol. The molecule has 162 valence electrons. The van der Waals surface area contributed by atoms with Gasteiger partial charge in [-0.25, -0.2) is 0 Å². The van der Waals surface area contributed by atoms with Gasteiger partial charge in [-0.05, 0) is 67.8 Å². The molecule has 1 saturated heterocycles. The second-order valence-electron chi connectivity index (χ2n) is 6.92. The van der Waals surface area contributed by atoms with Crippen LogP contribution in [0.25, 0.3) is 6.08 Å². The summed E-state index contributed by atoms with van der Waals surface area (Å²) in [6, 6.07) is 11.1. The van der Waals surface area contributed by atoms with Crippen LogP contribution in [0.4, 0.5) is 5.69 Å². The van der Waals surface area contributed by atoms with E-state index in [9.17, 15) is 9.59 Å². The molecule has 0 aromatic heterocycles. The Kier molecular flexibility index (Phi) is 7.35. The van der Waals surface area contributed by atoms with Crippen LogP contribution in [0.5, 0.6) is 11.5 Å². The minimum atomic E-state index is -0.930. The van der Waals surface area contributed by atoms with Crippen LogP contribution < -0.4 is 14.4 Å². The van der Waals surface area contributed by atoms with Gasteiger partial charge in [-0.1, -0.05) is 36.1 Å². The van der Waals surface area contributed by atoms with E-state index < -0.39 is 5.97 Å². The van der Waals surface area contributed by atoms with Gasteiger partial charge in [0, 0.05) is 0 Å². The number of carboxylic acid groups (broad SMARTS) is 1. The Hall–Kier alpha value is -2.84. The van der Waals surface area contributed by atoms with E-state index in [-0.39, 0.29) is 18.9 Å². The maximum absolute atomic E-state index is 13.0. The molecule has 0 saturated carbocycles. The normalized spacial score (nSPS) is 14.9. The maximum atomic E-state index is 13.0. The topological polar surface area (TPSA) is 76.1 Å². The molecule has 0 aliphatic carbocycles. The minimum absolute atomic E-state index is 0.0450. The molecule has 1 heterocycles. The van der Waals surface area contributed by atoms with E-state index in [1.54, 1.807) is 29.2 Å². The Morgan fingerprint density at radius 2 is 1.90 bits per heavy atom. The van der Waals surface area contributed by atoms with E-state index in [4.69, 9.17) is 26.8 Å². The number of thiocarbonyl (C=S) groups is 1. The Labute approximate surface area is 190 Å². The molecule has 31 heavy (non-hydrogen) atoms. The van der Waals surface area contributed by atoms with Gasteiger partial charge in [-0.3, -0.25) is 14.5 Å². The highest BCUT2D eigenvalue weighted by Crippen LogP contribution is 2.37. The van der Waals surface area contributed by atoms with Gasteiger partial charge >= 0.3 is 5.97 Å². The molecule has 1 aliphatic heterocycles. The third-order valence-electron chi connectivity index (χ3n) is 4.68. The number of rotatable bonds is 8. The summed E-state index contributed by atoms with van der Waals surface area (Å²) in [5.74, 6) is -0.146. The highest BCUT2D eigenvalue weighted by molar-refractivity contribution is 8.27. The van der Waals surface area contributed by atoms with Crippen LogP contribution >= 0.6 is 24.0 Å². The summed E-state index contributed by atoms with van der Waals surface area (Å²) >= 11 is 6.71. The highest BCUT2D eigenvalue weighted by atomic mass is 32.2. The quantitative estimate of drug-likeness (QED) is 0.443. The molecule has 2 aromatic rings. The number of carbonyl (C=O) groups is 2. The molecule has 0 radical (unpaired) electrons. The highest BCUT2D eigenvalue weighted by Gasteiger charge is 2.33. The number of anilines is 1. The SMILES string of the molecule is CCOc1cc(/C=C2/SC(=S)N(c3ccc(C)c(C)c3)C2=O)ccc1OCCC(=O)O. The zero-order chi connectivity index (χ0) is 22.5. The number of benzene rings is 2. The monoisotopic (exact) mass is 457 g/mol. The molecule has 1 aliphatic rings. The molecule has 1 fully saturated rings. The van der Waals surface area contributed by atoms with Crippen LogP contribution in [-0.4, -0.2) is 34.5 Å². The van der Waals surface area contributed by atoms with E-state index >= 15 is 0 Å². The van der Waals surface area contributed by atoms with Gasteiger partial charge in [-0.2, -0.15) is 0 Å². The molecule has 3 rings (SSSR count). The lowest BCUT2D eigenvalue weighted by atomic mass is 10.1. The molecule has 0 unspecified atom stereocenters. The van der Waals surface area contributed by atoms with Crippen LogP contribution in [0.3, 0.4) is 0 Å². The predicted octanol–water partition coefficient (Wildman–Crippen LogP) is 4.96. The van der Waals surface area contributed by atoms with Gasteiger partial charge in [0.2, 0.25) is 0 Å². The van der Waals surface area contributed by atoms with Gasteiger partial charge < -0.3 is 14.6 Å². The van der Waals surface area contributed by atoms with E-state index in [2.05, 4.69) is 0 Å². The fourth-order valence-electron chi connectivity index (χ4n) is 2.96. The summed E-state index contributed by atoms with van der Waals surface area (Å²) < 4.78 is 11.6. The number of hydrogen-bond acceptors (Lipinski definition) is 6. The van der Waals surface area contributed by atoms with Gasteiger partial charge in [0.25, 0.3) is 5.91 Å². The summed E-state index contributed by atoms with van der Waals surface area (Å²) in [4.78, 5) is 25.8. The fraction of sp³-hybridized carbons (Fsp3) is 0.261. The number of thioether (sulfide) groups is 1. The van der Waals surface area contributed by atoms with Crippen molar-refractivity contribution in [2.45, 2.75) is 27.2 Å². The number of aryl methyl sites for hydroxylation is 2. The summed E-state index contributed by atoms with van der Waals surface area (Å²) in [5.41, 5.74) is 3.76. The summed E-state index contributed by atoms with van der Waals surface area (Å²) in [6.07, 6.45) is 1.66. The van der Waals surface area contributed by atoms with Crippen molar-refractivity contribution < 1.29 is 24.2 Å².